The number of amides is 1. The largest absolute Gasteiger partial charge is 0.507 e. The molecule has 4 aromatic rings. The summed E-state index contributed by atoms with van der Waals surface area (Å²) in [5.74, 6) is -1.65. The van der Waals surface area contributed by atoms with Crippen LogP contribution in [0, 0.1) is 11.6 Å². The lowest BCUT2D eigenvalue weighted by molar-refractivity contribution is 0.151. The minimum atomic E-state index is -0.893. The van der Waals surface area contributed by atoms with Gasteiger partial charge in [0.1, 0.15) is 35.6 Å². The molecule has 2 aromatic heterocycles. The van der Waals surface area contributed by atoms with Crippen molar-refractivity contribution in [3.63, 3.8) is 0 Å². The molecule has 190 valence electrons. The van der Waals surface area contributed by atoms with Crippen molar-refractivity contribution in [2.24, 2.45) is 0 Å². The van der Waals surface area contributed by atoms with E-state index < -0.39 is 17.4 Å². The third-order valence-corrected chi connectivity index (χ3v) is 7.28. The van der Waals surface area contributed by atoms with Crippen LogP contribution in [0.3, 0.4) is 0 Å². The number of nitrogens with zero attached hydrogens (tertiary/aromatic N) is 6. The van der Waals surface area contributed by atoms with Crippen LogP contribution in [0.15, 0.2) is 43.2 Å². The van der Waals surface area contributed by atoms with Crippen molar-refractivity contribution >= 4 is 34.4 Å². The van der Waals surface area contributed by atoms with Gasteiger partial charge in [-0.25, -0.2) is 28.5 Å². The summed E-state index contributed by atoms with van der Waals surface area (Å²) in [7, 11) is 0. The number of aromatic nitrogens is 4. The molecular formula is C25H21ClF2N6O3. The molecule has 2 atom stereocenters. The van der Waals surface area contributed by atoms with Crippen LogP contribution < -0.4 is 9.64 Å². The summed E-state index contributed by atoms with van der Waals surface area (Å²) in [6.07, 6.45) is 6.35. The second-order valence-corrected chi connectivity index (χ2v) is 9.46. The van der Waals surface area contributed by atoms with Gasteiger partial charge in [-0.05, 0) is 19.1 Å². The first-order valence-electron chi connectivity index (χ1n) is 11.7. The molecule has 0 saturated carbocycles. The van der Waals surface area contributed by atoms with Crippen molar-refractivity contribution in [2.45, 2.75) is 25.4 Å². The lowest BCUT2D eigenvalue weighted by atomic mass is 9.98. The molecule has 0 radical (unpaired) electrons. The van der Waals surface area contributed by atoms with Crippen LogP contribution in [-0.4, -0.2) is 67.3 Å². The molecular weight excluding hydrogens is 506 g/mol. The number of anilines is 1. The van der Waals surface area contributed by atoms with Gasteiger partial charge in [0.25, 0.3) is 0 Å². The van der Waals surface area contributed by atoms with Crippen molar-refractivity contribution in [1.29, 1.82) is 0 Å². The Morgan fingerprint density at radius 2 is 2.05 bits per heavy atom. The molecule has 2 aromatic carbocycles. The number of benzene rings is 2. The number of carbonyl (C=O) groups excluding carboxylic acids is 1. The summed E-state index contributed by atoms with van der Waals surface area (Å²) in [5.41, 5.74) is -0.801. The number of phenols is 1. The zero-order chi connectivity index (χ0) is 25.8. The summed E-state index contributed by atoms with van der Waals surface area (Å²) in [6.45, 7) is 2.93. The molecule has 1 amide bonds. The van der Waals surface area contributed by atoms with Gasteiger partial charge in [-0.2, -0.15) is 0 Å². The van der Waals surface area contributed by atoms with E-state index in [1.165, 1.54) is 29.4 Å². The van der Waals surface area contributed by atoms with Crippen LogP contribution in [0.4, 0.5) is 19.4 Å². The van der Waals surface area contributed by atoms with Crippen LogP contribution in [0.25, 0.3) is 22.0 Å². The predicted molar refractivity (Wildman–Crippen MR) is 132 cm³/mol. The van der Waals surface area contributed by atoms with Gasteiger partial charge in [0, 0.05) is 43.5 Å². The molecule has 2 aliphatic rings. The highest BCUT2D eigenvalue weighted by Crippen LogP contribution is 2.49. The van der Waals surface area contributed by atoms with Gasteiger partial charge < -0.3 is 19.6 Å². The zero-order valence-corrected chi connectivity index (χ0v) is 20.4. The fourth-order valence-electron chi connectivity index (χ4n) is 5.15. The summed E-state index contributed by atoms with van der Waals surface area (Å²) in [4.78, 5) is 29.4. The van der Waals surface area contributed by atoms with Crippen LogP contribution >= 0.6 is 11.6 Å². The van der Waals surface area contributed by atoms with Gasteiger partial charge >= 0.3 is 6.03 Å². The van der Waals surface area contributed by atoms with E-state index in [2.05, 4.69) is 15.0 Å². The third-order valence-electron chi connectivity index (χ3n) is 6.92. The monoisotopic (exact) mass is 526 g/mol. The second-order valence-electron chi connectivity index (χ2n) is 9.08. The molecule has 2 aliphatic heterocycles. The van der Waals surface area contributed by atoms with Gasteiger partial charge in [-0.1, -0.05) is 17.7 Å². The first-order valence-corrected chi connectivity index (χ1v) is 12.1. The molecule has 1 saturated heterocycles. The second kappa shape index (κ2) is 8.84. The normalized spacial score (nSPS) is 19.2. The maximum absolute atomic E-state index is 16.0. The van der Waals surface area contributed by atoms with Gasteiger partial charge in [-0.3, -0.25) is 4.57 Å². The third kappa shape index (κ3) is 3.64. The number of halogens is 3. The van der Waals surface area contributed by atoms with Crippen molar-refractivity contribution in [2.75, 3.05) is 24.6 Å². The van der Waals surface area contributed by atoms with Crippen molar-refractivity contribution in [1.82, 2.24) is 24.4 Å². The average Bonchev–Trinajstić information content (AvgIpc) is 3.41. The molecule has 0 spiro atoms. The Balaban J connectivity index is 1.49. The van der Waals surface area contributed by atoms with Crippen LogP contribution in [0.5, 0.6) is 11.5 Å². The molecule has 0 bridgehead atoms. The number of carbonyl (C=O) groups is 1. The Kier molecular flexibility index (Phi) is 5.59. The summed E-state index contributed by atoms with van der Waals surface area (Å²) >= 11 is 6.65. The zero-order valence-electron chi connectivity index (χ0n) is 19.6. The number of piperazine rings is 1. The number of hydrogen-bond donors (Lipinski definition) is 1. The van der Waals surface area contributed by atoms with Crippen molar-refractivity contribution in [3.8, 4) is 22.6 Å². The molecule has 9 nitrogen and oxygen atoms in total. The Hall–Kier alpha value is -3.99. The maximum atomic E-state index is 16.0. The first kappa shape index (κ1) is 23.4. The number of aromatic hydroxyl groups is 1. The van der Waals surface area contributed by atoms with Gasteiger partial charge in [0.05, 0.1) is 28.6 Å². The van der Waals surface area contributed by atoms with E-state index in [1.807, 2.05) is 11.8 Å². The fraction of sp³-hybridized carbons (Fsp3) is 0.280. The fourth-order valence-corrected chi connectivity index (χ4v) is 5.48. The lowest BCUT2D eigenvalue weighted by Gasteiger charge is -2.46. The topological polar surface area (TPSA) is 96.6 Å². The van der Waals surface area contributed by atoms with Crippen LogP contribution in [0.1, 0.15) is 13.3 Å². The minimum absolute atomic E-state index is 0.104. The first-order chi connectivity index (χ1) is 17.9. The van der Waals surface area contributed by atoms with E-state index in [-0.39, 0.29) is 57.5 Å². The molecule has 0 aliphatic carbocycles. The standard InChI is InChI=1S/C25H21ClF2N6O3/c1-13-9-34-14(10-33(13)25(36)32-7-6-29-12-32)5-8-37-23-19-22(30-11-31-24(19)34)21(28)18(20(23)26)17-15(27)3-2-4-16(17)35/h2-4,6-7,11-14,35H,5,8-10H2,1H3/t13-,14+/m1/s1. The number of ether oxygens (including phenoxy) is 1. The molecule has 4 heterocycles. The molecule has 6 rings (SSSR count). The summed E-state index contributed by atoms with van der Waals surface area (Å²) < 4.78 is 38.2. The Morgan fingerprint density at radius 3 is 2.81 bits per heavy atom. The Morgan fingerprint density at radius 1 is 1.22 bits per heavy atom. The van der Waals surface area contributed by atoms with E-state index in [0.717, 1.165) is 6.07 Å². The van der Waals surface area contributed by atoms with E-state index in [4.69, 9.17) is 16.3 Å². The van der Waals surface area contributed by atoms with Crippen LogP contribution in [0.2, 0.25) is 5.02 Å². The number of hydrogen-bond acceptors (Lipinski definition) is 7. The Labute approximate surface area is 214 Å². The maximum Gasteiger partial charge on any atom is 0.329 e. The number of phenolic OH excluding ortho intramolecular Hbond substituents is 1. The Bertz CT molecular complexity index is 1510. The molecule has 0 unspecified atom stereocenters. The summed E-state index contributed by atoms with van der Waals surface area (Å²) in [5, 5.41) is 10.4. The van der Waals surface area contributed by atoms with Crippen molar-refractivity contribution in [3.05, 3.63) is 59.9 Å². The predicted octanol–water partition coefficient (Wildman–Crippen LogP) is 4.46. The SMILES string of the molecule is C[C@@H]1CN2c3ncnc4c(F)c(-c5c(O)cccc5F)c(Cl)c(c34)OCC[C@H]2CN1C(=O)n1ccnc1. The highest BCUT2D eigenvalue weighted by atomic mass is 35.5. The quantitative estimate of drug-likeness (QED) is 0.391. The average molecular weight is 527 g/mol. The molecule has 12 heteroatoms. The summed E-state index contributed by atoms with van der Waals surface area (Å²) in [6, 6.07) is 3.12. The highest BCUT2D eigenvalue weighted by molar-refractivity contribution is 6.36. The molecule has 37 heavy (non-hydrogen) atoms. The van der Waals surface area contributed by atoms with E-state index in [1.54, 1.807) is 17.3 Å². The highest BCUT2D eigenvalue weighted by Gasteiger charge is 2.39. The smallest absolute Gasteiger partial charge is 0.329 e. The lowest BCUT2D eigenvalue weighted by Crippen LogP contribution is -2.60. The van der Waals surface area contributed by atoms with E-state index in [0.29, 0.717) is 25.3 Å². The van der Waals surface area contributed by atoms with Gasteiger partial charge in [0.2, 0.25) is 0 Å². The minimum Gasteiger partial charge on any atom is -0.507 e. The molecule has 1 fully saturated rings. The number of rotatable bonds is 1. The van der Waals surface area contributed by atoms with Crippen molar-refractivity contribution < 1.29 is 23.4 Å². The van der Waals surface area contributed by atoms with Gasteiger partial charge in [-0.15, -0.1) is 0 Å². The number of fused-ring (bicyclic) bond motifs is 2. The van der Waals surface area contributed by atoms with Gasteiger partial charge in [0.15, 0.2) is 11.6 Å². The van der Waals surface area contributed by atoms with E-state index >= 15 is 4.39 Å². The molecule has 1 N–H and O–H groups in total. The number of imidazole rings is 1. The van der Waals surface area contributed by atoms with Crippen LogP contribution in [-0.2, 0) is 0 Å². The van der Waals surface area contributed by atoms with E-state index in [9.17, 15) is 14.3 Å².